The number of halogens is 1. The summed E-state index contributed by atoms with van der Waals surface area (Å²) in [7, 11) is -3.59. The Morgan fingerprint density at radius 3 is 2.29 bits per heavy atom. The molecule has 0 bridgehead atoms. The number of morpholine rings is 1. The second-order valence-corrected chi connectivity index (χ2v) is 9.97. The number of carbonyl (C=O) groups is 1. The predicted molar refractivity (Wildman–Crippen MR) is 115 cm³/mol. The molecule has 4 rings (SSSR count). The number of carbonyl (C=O) groups excluding carboxylic acids is 1. The van der Waals surface area contributed by atoms with E-state index in [0.29, 0.717) is 45.0 Å². The first-order valence-electron chi connectivity index (χ1n) is 10.7. The number of amides is 1. The van der Waals surface area contributed by atoms with Crippen molar-refractivity contribution in [2.24, 2.45) is 0 Å². The van der Waals surface area contributed by atoms with Gasteiger partial charge in [-0.2, -0.15) is 4.31 Å². The first kappa shape index (κ1) is 21.9. The summed E-state index contributed by atoms with van der Waals surface area (Å²) in [5.41, 5.74) is 1.51. The van der Waals surface area contributed by atoms with Crippen LogP contribution in [0.1, 0.15) is 41.1 Å². The average Bonchev–Trinajstić information content (AvgIpc) is 3.06. The quantitative estimate of drug-likeness (QED) is 0.723. The van der Waals surface area contributed by atoms with Crippen LogP contribution in [-0.4, -0.2) is 62.9 Å². The van der Waals surface area contributed by atoms with E-state index >= 15 is 0 Å². The Morgan fingerprint density at radius 2 is 1.61 bits per heavy atom. The lowest BCUT2D eigenvalue weighted by atomic mass is 9.94. The molecule has 6 nitrogen and oxygen atoms in total. The van der Waals surface area contributed by atoms with E-state index < -0.39 is 10.0 Å². The maximum Gasteiger partial charge on any atom is 0.253 e. The minimum Gasteiger partial charge on any atom is -0.379 e. The zero-order chi connectivity index (χ0) is 21.8. The Kier molecular flexibility index (Phi) is 6.69. The van der Waals surface area contributed by atoms with Crippen LogP contribution in [0.2, 0.25) is 0 Å². The Balaban J connectivity index is 1.48. The molecule has 2 aliphatic heterocycles. The molecule has 2 heterocycles. The molecule has 0 saturated carbocycles. The zero-order valence-electron chi connectivity index (χ0n) is 17.4. The van der Waals surface area contributed by atoms with Crippen LogP contribution < -0.4 is 0 Å². The highest BCUT2D eigenvalue weighted by molar-refractivity contribution is 7.89. The molecule has 2 aromatic carbocycles. The summed E-state index contributed by atoms with van der Waals surface area (Å²) in [5, 5.41) is 0. The third-order valence-electron chi connectivity index (χ3n) is 6.01. The summed E-state index contributed by atoms with van der Waals surface area (Å²) in [4.78, 5) is 15.1. The van der Waals surface area contributed by atoms with Crippen LogP contribution >= 0.6 is 0 Å². The second kappa shape index (κ2) is 9.46. The van der Waals surface area contributed by atoms with Gasteiger partial charge in [-0.1, -0.05) is 18.6 Å². The molecule has 0 aromatic heterocycles. The van der Waals surface area contributed by atoms with Gasteiger partial charge in [0, 0.05) is 37.7 Å². The van der Waals surface area contributed by atoms with Crippen LogP contribution in [0, 0.1) is 5.82 Å². The van der Waals surface area contributed by atoms with E-state index in [1.54, 1.807) is 24.3 Å². The minimum atomic E-state index is -3.59. The van der Waals surface area contributed by atoms with Crippen LogP contribution in [0.3, 0.4) is 0 Å². The van der Waals surface area contributed by atoms with Crippen molar-refractivity contribution in [2.45, 2.75) is 30.1 Å². The normalized spacial score (nSPS) is 20.9. The van der Waals surface area contributed by atoms with Crippen molar-refractivity contribution in [3.63, 3.8) is 0 Å². The van der Waals surface area contributed by atoms with E-state index in [1.165, 1.54) is 28.6 Å². The number of benzene rings is 2. The Bertz CT molecular complexity index is 1000. The van der Waals surface area contributed by atoms with E-state index in [4.69, 9.17) is 4.74 Å². The molecule has 2 aliphatic rings. The van der Waals surface area contributed by atoms with E-state index in [9.17, 15) is 17.6 Å². The molecule has 31 heavy (non-hydrogen) atoms. The molecule has 1 unspecified atom stereocenters. The fourth-order valence-corrected chi connectivity index (χ4v) is 5.63. The van der Waals surface area contributed by atoms with E-state index in [-0.39, 0.29) is 22.5 Å². The molecule has 0 spiro atoms. The monoisotopic (exact) mass is 446 g/mol. The number of hydrogen-bond acceptors (Lipinski definition) is 4. The van der Waals surface area contributed by atoms with Gasteiger partial charge in [0.05, 0.1) is 18.1 Å². The van der Waals surface area contributed by atoms with E-state index in [2.05, 4.69) is 0 Å². The lowest BCUT2D eigenvalue weighted by Gasteiger charge is -2.26. The predicted octanol–water partition coefficient (Wildman–Crippen LogP) is 3.26. The lowest BCUT2D eigenvalue weighted by Crippen LogP contribution is -2.40. The molecule has 0 N–H and O–H groups in total. The van der Waals surface area contributed by atoms with Crippen molar-refractivity contribution < 1.29 is 22.3 Å². The topological polar surface area (TPSA) is 66.9 Å². The molecule has 0 radical (unpaired) electrons. The summed E-state index contributed by atoms with van der Waals surface area (Å²) in [5.74, 6) is -0.213. The highest BCUT2D eigenvalue weighted by Gasteiger charge is 2.28. The Hall–Kier alpha value is -2.29. The van der Waals surface area contributed by atoms with Crippen molar-refractivity contribution >= 4 is 15.9 Å². The number of likely N-dealkylation sites (tertiary alicyclic amines) is 1. The second-order valence-electron chi connectivity index (χ2n) is 8.04. The summed E-state index contributed by atoms with van der Waals surface area (Å²) in [6.07, 6.45) is 2.86. The van der Waals surface area contributed by atoms with E-state index in [0.717, 1.165) is 24.8 Å². The summed E-state index contributed by atoms with van der Waals surface area (Å²) in [6, 6.07) is 12.7. The average molecular weight is 447 g/mol. The summed E-state index contributed by atoms with van der Waals surface area (Å²) < 4.78 is 45.5. The van der Waals surface area contributed by atoms with Gasteiger partial charge in [0.25, 0.3) is 5.91 Å². The van der Waals surface area contributed by atoms with Gasteiger partial charge in [-0.15, -0.1) is 0 Å². The van der Waals surface area contributed by atoms with Crippen molar-refractivity contribution in [3.8, 4) is 0 Å². The molecule has 8 heteroatoms. The fraction of sp³-hybridized carbons (Fsp3) is 0.435. The first-order chi connectivity index (χ1) is 14.9. The van der Waals surface area contributed by atoms with Gasteiger partial charge in [0.15, 0.2) is 0 Å². The number of nitrogens with zero attached hydrogens (tertiary/aromatic N) is 2. The van der Waals surface area contributed by atoms with Crippen LogP contribution in [0.15, 0.2) is 53.4 Å². The SMILES string of the molecule is O=C(c1ccc(S(=O)(=O)N2CCOCC2)cc1)N1CCCCC(c2ccc(F)cc2)C1. The molecule has 166 valence electrons. The molecular formula is C23H27FN2O4S. The van der Waals surface area contributed by atoms with Gasteiger partial charge in [-0.05, 0) is 54.8 Å². The molecule has 1 atom stereocenters. The molecule has 1 amide bonds. The maximum atomic E-state index is 13.3. The van der Waals surface area contributed by atoms with E-state index in [1.807, 2.05) is 4.90 Å². The smallest absolute Gasteiger partial charge is 0.253 e. The number of hydrogen-bond donors (Lipinski definition) is 0. The summed E-state index contributed by atoms with van der Waals surface area (Å²) in [6.45, 7) is 2.67. The largest absolute Gasteiger partial charge is 0.379 e. The van der Waals surface area contributed by atoms with Crippen molar-refractivity contribution in [2.75, 3.05) is 39.4 Å². The van der Waals surface area contributed by atoms with Gasteiger partial charge in [0.2, 0.25) is 10.0 Å². The van der Waals surface area contributed by atoms with Gasteiger partial charge in [-0.25, -0.2) is 12.8 Å². The number of sulfonamides is 1. The third kappa shape index (κ3) is 4.97. The van der Waals surface area contributed by atoms with Crippen LogP contribution in [0.5, 0.6) is 0 Å². The Labute approximate surface area is 182 Å². The van der Waals surface area contributed by atoms with Gasteiger partial charge in [-0.3, -0.25) is 4.79 Å². The highest BCUT2D eigenvalue weighted by Crippen LogP contribution is 2.28. The molecule has 2 saturated heterocycles. The number of rotatable bonds is 4. The first-order valence-corrected chi connectivity index (χ1v) is 12.1. The molecule has 2 fully saturated rings. The van der Waals surface area contributed by atoms with Crippen LogP contribution in [-0.2, 0) is 14.8 Å². The molecule has 2 aromatic rings. The maximum absolute atomic E-state index is 13.3. The van der Waals surface area contributed by atoms with Gasteiger partial charge < -0.3 is 9.64 Å². The highest BCUT2D eigenvalue weighted by atomic mass is 32.2. The minimum absolute atomic E-state index is 0.107. The van der Waals surface area contributed by atoms with Crippen molar-refractivity contribution in [3.05, 3.63) is 65.5 Å². The number of ether oxygens (including phenoxy) is 1. The fourth-order valence-electron chi connectivity index (χ4n) is 4.22. The van der Waals surface area contributed by atoms with Crippen molar-refractivity contribution in [1.29, 1.82) is 0 Å². The molecular weight excluding hydrogens is 419 g/mol. The van der Waals surface area contributed by atoms with Gasteiger partial charge >= 0.3 is 0 Å². The Morgan fingerprint density at radius 1 is 0.935 bits per heavy atom. The lowest BCUT2D eigenvalue weighted by molar-refractivity contribution is 0.0730. The van der Waals surface area contributed by atoms with Crippen molar-refractivity contribution in [1.82, 2.24) is 9.21 Å². The zero-order valence-corrected chi connectivity index (χ0v) is 18.2. The molecule has 0 aliphatic carbocycles. The standard InChI is InChI=1S/C23H27FN2O4S/c24-21-8-4-18(5-9-21)20-3-1-2-12-25(17-20)23(27)19-6-10-22(11-7-19)31(28,29)26-13-15-30-16-14-26/h4-11,20H,1-3,12-17H2. The summed E-state index contributed by atoms with van der Waals surface area (Å²) >= 11 is 0. The van der Waals surface area contributed by atoms with Crippen LogP contribution in [0.4, 0.5) is 4.39 Å². The third-order valence-corrected chi connectivity index (χ3v) is 7.92. The van der Waals surface area contributed by atoms with Crippen LogP contribution in [0.25, 0.3) is 0 Å². The van der Waals surface area contributed by atoms with Gasteiger partial charge in [0.1, 0.15) is 5.82 Å².